The van der Waals surface area contributed by atoms with E-state index in [0.29, 0.717) is 10.6 Å². The molecular weight excluding hydrogens is 299 g/mol. The summed E-state index contributed by atoms with van der Waals surface area (Å²) >= 11 is 5.63. The molecule has 0 radical (unpaired) electrons. The van der Waals surface area contributed by atoms with Gasteiger partial charge in [-0.3, -0.25) is 0 Å². The van der Waals surface area contributed by atoms with Gasteiger partial charge in [-0.25, -0.2) is 4.79 Å². The van der Waals surface area contributed by atoms with Gasteiger partial charge in [-0.05, 0) is 17.7 Å². The van der Waals surface area contributed by atoms with E-state index in [0.717, 1.165) is 0 Å². The van der Waals surface area contributed by atoms with Gasteiger partial charge in [-0.15, -0.1) is 0 Å². The monoisotopic (exact) mass is 307 g/mol. The van der Waals surface area contributed by atoms with Crippen molar-refractivity contribution in [3.05, 3.63) is 46.2 Å². The van der Waals surface area contributed by atoms with Crippen molar-refractivity contribution >= 4 is 23.3 Å². The second-order valence-corrected chi connectivity index (χ2v) is 4.24. The van der Waals surface area contributed by atoms with E-state index < -0.39 is 29.2 Å². The van der Waals surface area contributed by atoms with Crippen molar-refractivity contribution in [2.45, 2.75) is 12.6 Å². The van der Waals surface area contributed by atoms with E-state index in [1.165, 1.54) is 24.3 Å². The third-order valence-corrected chi connectivity index (χ3v) is 2.57. The van der Waals surface area contributed by atoms with Crippen LogP contribution in [0.15, 0.2) is 35.6 Å². The topological polar surface area (TPSA) is 81.4 Å². The molecule has 3 N–H and O–H groups in total. The van der Waals surface area contributed by atoms with E-state index in [4.69, 9.17) is 27.2 Å². The Morgan fingerprint density at radius 2 is 1.70 bits per heavy atom. The summed E-state index contributed by atoms with van der Waals surface area (Å²) < 4.78 is 37.0. The molecule has 0 aliphatic heterocycles. The molecule has 1 aromatic carbocycles. The number of aliphatic hydroxyl groups is 1. The average Bonchev–Trinajstić information content (AvgIpc) is 2.30. The summed E-state index contributed by atoms with van der Waals surface area (Å²) in [7, 11) is 0. The maximum atomic E-state index is 12.3. The molecule has 0 fully saturated rings. The number of aliphatic hydroxyl groups excluding tert-OH is 1. The average molecular weight is 308 g/mol. The van der Waals surface area contributed by atoms with Crippen LogP contribution in [-0.2, 0) is 11.2 Å². The Kier molecular flexibility index (Phi) is 4.78. The van der Waals surface area contributed by atoms with Gasteiger partial charge in [-0.2, -0.15) is 13.2 Å². The predicted octanol–water partition coefficient (Wildman–Crippen LogP) is 3.36. The summed E-state index contributed by atoms with van der Waals surface area (Å²) in [6.07, 6.45) is -5.60. The molecule has 1 rings (SSSR count). The molecule has 0 saturated heterocycles. The molecule has 0 heterocycles. The second-order valence-electron chi connectivity index (χ2n) is 3.81. The number of allylic oxidation sites excluding steroid dienone is 1. The maximum Gasteiger partial charge on any atom is 0.449 e. The molecule has 0 aliphatic rings. The quantitative estimate of drug-likeness (QED) is 0.453. The highest BCUT2D eigenvalue weighted by Crippen LogP contribution is 2.27. The molecule has 20 heavy (non-hydrogen) atoms. The highest BCUT2D eigenvalue weighted by atomic mass is 35.5. The molecule has 108 valence electrons. The van der Waals surface area contributed by atoms with E-state index >= 15 is 0 Å². The lowest BCUT2D eigenvalue weighted by atomic mass is 10.0. The van der Waals surface area contributed by atoms with Crippen molar-refractivity contribution in [3.63, 3.8) is 0 Å². The van der Waals surface area contributed by atoms with Crippen LogP contribution in [0, 0.1) is 5.41 Å². The van der Waals surface area contributed by atoms with Gasteiger partial charge in [0.15, 0.2) is 0 Å². The zero-order valence-corrected chi connectivity index (χ0v) is 10.6. The second kappa shape index (κ2) is 5.96. The first kappa shape index (κ1) is 16.0. The lowest BCUT2D eigenvalue weighted by molar-refractivity contribution is -0.137. The van der Waals surface area contributed by atoms with Gasteiger partial charge in [0.2, 0.25) is 5.76 Å². The fraction of sp³-hybridized carbons (Fsp3) is 0.167. The van der Waals surface area contributed by atoms with Crippen molar-refractivity contribution in [2.75, 3.05) is 0 Å². The van der Waals surface area contributed by atoms with Crippen LogP contribution in [0.5, 0.6) is 0 Å². The minimum absolute atomic E-state index is 0.376. The Hall–Kier alpha value is -2.02. The van der Waals surface area contributed by atoms with Gasteiger partial charge in [0, 0.05) is 11.4 Å². The van der Waals surface area contributed by atoms with Crippen LogP contribution in [0.1, 0.15) is 5.56 Å². The van der Waals surface area contributed by atoms with Crippen molar-refractivity contribution < 1.29 is 28.2 Å². The van der Waals surface area contributed by atoms with Crippen LogP contribution in [0.25, 0.3) is 0 Å². The van der Waals surface area contributed by atoms with E-state index in [-0.39, 0.29) is 6.42 Å². The number of nitrogens with one attached hydrogen (secondary N) is 1. The van der Waals surface area contributed by atoms with Crippen molar-refractivity contribution in [3.8, 4) is 0 Å². The molecule has 0 aromatic heterocycles. The van der Waals surface area contributed by atoms with Crippen LogP contribution in [-0.4, -0.2) is 28.1 Å². The van der Waals surface area contributed by atoms with Crippen LogP contribution in [0.3, 0.4) is 0 Å². The summed E-state index contributed by atoms with van der Waals surface area (Å²) in [5.41, 5.74) is -1.92. The van der Waals surface area contributed by atoms with Crippen molar-refractivity contribution in [1.82, 2.24) is 0 Å². The molecule has 0 bridgehead atoms. The Balaban J connectivity index is 3.09. The molecule has 0 saturated carbocycles. The van der Waals surface area contributed by atoms with E-state index in [9.17, 15) is 18.0 Å². The molecule has 0 aliphatic carbocycles. The van der Waals surface area contributed by atoms with Gasteiger partial charge < -0.3 is 15.6 Å². The summed E-state index contributed by atoms with van der Waals surface area (Å²) in [4.78, 5) is 10.8. The summed E-state index contributed by atoms with van der Waals surface area (Å²) in [5.74, 6) is -4.30. The molecule has 0 unspecified atom stereocenters. The summed E-state index contributed by atoms with van der Waals surface area (Å²) in [6.45, 7) is 0. The van der Waals surface area contributed by atoms with Gasteiger partial charge >= 0.3 is 12.1 Å². The van der Waals surface area contributed by atoms with Crippen LogP contribution >= 0.6 is 11.6 Å². The lowest BCUT2D eigenvalue weighted by Crippen LogP contribution is -2.23. The van der Waals surface area contributed by atoms with Crippen molar-refractivity contribution in [2.24, 2.45) is 0 Å². The lowest BCUT2D eigenvalue weighted by Gasteiger charge is -2.11. The number of hydrogen-bond donors (Lipinski definition) is 3. The highest BCUT2D eigenvalue weighted by Gasteiger charge is 2.39. The minimum atomic E-state index is -5.22. The van der Waals surface area contributed by atoms with E-state index in [1.807, 2.05) is 0 Å². The smallest absolute Gasteiger partial charge is 0.449 e. The largest absolute Gasteiger partial charge is 0.504 e. The number of carboxylic acid groups (broad SMARTS) is 1. The summed E-state index contributed by atoms with van der Waals surface area (Å²) in [6, 6.07) is 5.80. The number of hydrogen-bond acceptors (Lipinski definition) is 3. The maximum absolute atomic E-state index is 12.3. The van der Waals surface area contributed by atoms with Gasteiger partial charge in [0.1, 0.15) is 5.57 Å². The first-order valence-electron chi connectivity index (χ1n) is 5.19. The molecule has 8 heteroatoms. The van der Waals surface area contributed by atoms with Gasteiger partial charge in [0.25, 0.3) is 0 Å². The first-order chi connectivity index (χ1) is 9.12. The number of carboxylic acids is 1. The Morgan fingerprint density at radius 1 is 1.20 bits per heavy atom. The third-order valence-electron chi connectivity index (χ3n) is 2.32. The molecule has 0 spiro atoms. The Labute approximate surface area is 116 Å². The van der Waals surface area contributed by atoms with Crippen LogP contribution < -0.4 is 0 Å². The Bertz CT molecular complexity index is 564. The predicted molar refractivity (Wildman–Crippen MR) is 66.2 cm³/mol. The molecule has 0 atom stereocenters. The van der Waals surface area contributed by atoms with Crippen LogP contribution in [0.4, 0.5) is 13.2 Å². The van der Waals surface area contributed by atoms with Crippen LogP contribution in [0.2, 0.25) is 5.02 Å². The number of benzene rings is 1. The molecular formula is C12H9ClF3NO3. The molecule has 1 aromatic rings. The number of rotatable bonds is 4. The SMILES string of the molecule is N=C(Cc1ccc(Cl)cc1)C(C(=O)O)=C(O)C(F)(F)F. The van der Waals surface area contributed by atoms with Crippen molar-refractivity contribution in [1.29, 1.82) is 5.41 Å². The zero-order valence-electron chi connectivity index (χ0n) is 9.83. The summed E-state index contributed by atoms with van der Waals surface area (Å²) in [5, 5.41) is 25.5. The van der Waals surface area contributed by atoms with Gasteiger partial charge in [-0.1, -0.05) is 23.7 Å². The number of alkyl halides is 3. The molecule has 0 amide bonds. The van der Waals surface area contributed by atoms with Gasteiger partial charge in [0.05, 0.1) is 5.71 Å². The standard InChI is InChI=1S/C12H9ClF3NO3/c13-7-3-1-6(2-4-7)5-8(17)9(11(19)20)10(18)12(14,15)16/h1-4,17-18H,5H2,(H,19,20). The molecule has 4 nitrogen and oxygen atoms in total. The Morgan fingerprint density at radius 3 is 2.10 bits per heavy atom. The number of carbonyl (C=O) groups is 1. The number of aliphatic carboxylic acids is 1. The minimum Gasteiger partial charge on any atom is -0.504 e. The normalized spacial score (nSPS) is 12.8. The fourth-order valence-electron chi connectivity index (χ4n) is 1.41. The third kappa shape index (κ3) is 3.99. The highest BCUT2D eigenvalue weighted by molar-refractivity contribution is 6.30. The zero-order chi connectivity index (χ0) is 15.5. The fourth-order valence-corrected chi connectivity index (χ4v) is 1.54. The van der Waals surface area contributed by atoms with E-state index in [2.05, 4.69) is 0 Å². The first-order valence-corrected chi connectivity index (χ1v) is 5.56. The number of halogens is 4. The van der Waals surface area contributed by atoms with E-state index in [1.54, 1.807) is 0 Å².